The number of benzene rings is 2. The summed E-state index contributed by atoms with van der Waals surface area (Å²) in [6.45, 7) is 12.8. The smallest absolute Gasteiger partial charge is 1.00 e. The number of hydrogen-bond donors (Lipinski definition) is 2. The SMILES string of the molecule is CC(C)(C)c1cccc(C=[N+]2[Mn][N+](=Cc3cccc(C(C)(C)C)c3O)[C@@H]3CCCC[C@H]32)c1O.[I-]. The fourth-order valence-electron chi connectivity index (χ4n) is 4.92. The van der Waals surface area contributed by atoms with Crippen LogP contribution in [0, 0.1) is 0 Å². The van der Waals surface area contributed by atoms with Crippen molar-refractivity contribution in [2.75, 3.05) is 0 Å². The Morgan fingerprint density at radius 3 is 1.47 bits per heavy atom. The molecule has 1 aliphatic carbocycles. The van der Waals surface area contributed by atoms with E-state index in [1.54, 1.807) is 0 Å². The van der Waals surface area contributed by atoms with E-state index >= 15 is 0 Å². The molecule has 1 saturated heterocycles. The number of aromatic hydroxyl groups is 2. The molecule has 1 saturated carbocycles. The number of nitrogens with zero attached hydrogens (tertiary/aromatic N) is 2. The molecule has 0 bridgehead atoms. The maximum Gasteiger partial charge on any atom is -1.00 e. The van der Waals surface area contributed by atoms with Gasteiger partial charge in [-0.3, -0.25) is 0 Å². The molecular weight excluding hydrogens is 578 g/mol. The van der Waals surface area contributed by atoms with Crippen LogP contribution in [0.5, 0.6) is 11.5 Å². The van der Waals surface area contributed by atoms with Gasteiger partial charge in [0.1, 0.15) is 0 Å². The molecule has 0 spiro atoms. The van der Waals surface area contributed by atoms with Gasteiger partial charge in [-0.05, 0) is 0 Å². The van der Waals surface area contributed by atoms with Crippen molar-refractivity contribution in [3.8, 4) is 11.5 Å². The first-order valence-electron chi connectivity index (χ1n) is 12.0. The van der Waals surface area contributed by atoms with Gasteiger partial charge in [-0.1, -0.05) is 0 Å². The summed E-state index contributed by atoms with van der Waals surface area (Å²) in [7, 11) is 0. The molecular formula is C28H38IMnN2O2+. The van der Waals surface area contributed by atoms with E-state index in [2.05, 4.69) is 61.2 Å². The monoisotopic (exact) mass is 616 g/mol. The molecule has 2 N–H and O–H groups in total. The summed E-state index contributed by atoms with van der Waals surface area (Å²) < 4.78 is 4.85. The Morgan fingerprint density at radius 2 is 1.12 bits per heavy atom. The van der Waals surface area contributed by atoms with Gasteiger partial charge in [-0.2, -0.15) is 0 Å². The standard InChI is InChI=1S/C28H38N2O2.HI.Mn/c1-27(2,3)21-13-9-11-19(25(21)31)17-29-23-15-7-8-16-24(23)30-18-20-12-10-14-22(26(20)32)28(4,5)6;;/h9-14,17-18,23-24,31-32H,7-8,15-16H2,1-6H3;1H;/q;;+2/p-1/t23-,24-;;/m1../s1. The van der Waals surface area contributed by atoms with Gasteiger partial charge in [0, 0.05) is 0 Å². The number of rotatable bonds is 2. The number of hydrogen-bond acceptors (Lipinski definition) is 2. The van der Waals surface area contributed by atoms with Gasteiger partial charge >= 0.3 is 206 Å². The van der Waals surface area contributed by atoms with E-state index in [0.29, 0.717) is 39.0 Å². The average molecular weight is 616 g/mol. The van der Waals surface area contributed by atoms with E-state index in [1.165, 1.54) is 12.8 Å². The predicted molar refractivity (Wildman–Crippen MR) is 131 cm³/mol. The molecule has 4 rings (SSSR count). The van der Waals surface area contributed by atoms with Crippen LogP contribution >= 0.6 is 0 Å². The van der Waals surface area contributed by atoms with Gasteiger partial charge in [-0.15, -0.1) is 0 Å². The van der Waals surface area contributed by atoms with Gasteiger partial charge in [0.05, 0.1) is 0 Å². The van der Waals surface area contributed by atoms with Crippen LogP contribution in [0.3, 0.4) is 0 Å². The predicted octanol–water partition coefficient (Wildman–Crippen LogP) is 2.50. The number of phenols is 2. The van der Waals surface area contributed by atoms with Crippen LogP contribution in [0.15, 0.2) is 36.4 Å². The molecule has 2 aliphatic rings. The van der Waals surface area contributed by atoms with Gasteiger partial charge in [0.2, 0.25) is 0 Å². The van der Waals surface area contributed by atoms with Gasteiger partial charge in [0.15, 0.2) is 0 Å². The van der Waals surface area contributed by atoms with E-state index in [1.807, 2.05) is 36.4 Å². The minimum Gasteiger partial charge on any atom is -1.00 e. The average Bonchev–Trinajstić information content (AvgIpc) is 3.07. The zero-order chi connectivity index (χ0) is 24.0. The Balaban J connectivity index is 0.00000324. The second kappa shape index (κ2) is 10.3. The molecule has 0 unspecified atom stereocenters. The molecule has 6 heteroatoms. The zero-order valence-electron chi connectivity index (χ0n) is 21.1. The van der Waals surface area contributed by atoms with Crippen LogP contribution in [-0.2, 0) is 26.2 Å². The minimum absolute atomic E-state index is 0. The number of halogens is 1. The third-order valence-corrected chi connectivity index (χ3v) is 8.41. The number of fused-ring (bicyclic) bond motifs is 1. The fourth-order valence-corrected chi connectivity index (χ4v) is 6.76. The summed E-state index contributed by atoms with van der Waals surface area (Å²) in [6.07, 6.45) is 9.12. The Kier molecular flexibility index (Phi) is 8.26. The van der Waals surface area contributed by atoms with Crippen molar-refractivity contribution in [3.05, 3.63) is 58.7 Å². The molecule has 0 radical (unpaired) electrons. The van der Waals surface area contributed by atoms with Crippen LogP contribution in [0.4, 0.5) is 0 Å². The summed E-state index contributed by atoms with van der Waals surface area (Å²) >= 11 is 0.411. The summed E-state index contributed by atoms with van der Waals surface area (Å²) in [6, 6.07) is 13.0. The normalized spacial score (nSPS) is 23.1. The molecule has 1 aliphatic heterocycles. The summed E-state index contributed by atoms with van der Waals surface area (Å²) in [4.78, 5) is 0. The first kappa shape index (κ1) is 27.2. The van der Waals surface area contributed by atoms with Crippen molar-refractivity contribution in [1.29, 1.82) is 0 Å². The Bertz CT molecular complexity index is 1020. The van der Waals surface area contributed by atoms with Crippen LogP contribution in [0.2, 0.25) is 0 Å². The molecule has 4 nitrogen and oxygen atoms in total. The summed E-state index contributed by atoms with van der Waals surface area (Å²) in [5.74, 6) is 0.779. The first-order valence-corrected chi connectivity index (χ1v) is 13.1. The molecule has 2 aromatic rings. The fraction of sp³-hybridized carbons (Fsp3) is 0.500. The van der Waals surface area contributed by atoms with Gasteiger partial charge < -0.3 is 24.0 Å². The maximum atomic E-state index is 11.0. The molecule has 185 valence electrons. The topological polar surface area (TPSA) is 46.5 Å². The second-order valence-corrected chi connectivity index (χ2v) is 12.9. The quantitative estimate of drug-likeness (QED) is 0.403. The number of phenolic OH excluding ortho intramolecular Hbond substituents is 2. The maximum absolute atomic E-state index is 11.0. The minimum atomic E-state index is -0.107. The molecule has 0 amide bonds. The van der Waals surface area contributed by atoms with Crippen LogP contribution in [0.1, 0.15) is 89.5 Å². The Labute approximate surface area is 228 Å². The first-order chi connectivity index (χ1) is 15.5. The summed E-state index contributed by atoms with van der Waals surface area (Å²) in [5.41, 5.74) is 3.52. The molecule has 2 atom stereocenters. The van der Waals surface area contributed by atoms with Crippen LogP contribution in [-0.4, -0.2) is 41.9 Å². The molecule has 2 aromatic carbocycles. The zero-order valence-corrected chi connectivity index (χ0v) is 24.5. The van der Waals surface area contributed by atoms with E-state index < -0.39 is 0 Å². The van der Waals surface area contributed by atoms with Crippen LogP contribution < -0.4 is 24.0 Å². The third-order valence-electron chi connectivity index (χ3n) is 6.78. The van der Waals surface area contributed by atoms with Gasteiger partial charge in [0.25, 0.3) is 0 Å². The summed E-state index contributed by atoms with van der Waals surface area (Å²) in [5, 5.41) is 22.0. The molecule has 2 fully saturated rings. The second-order valence-electron chi connectivity index (χ2n) is 11.4. The van der Waals surface area contributed by atoms with Crippen molar-refractivity contribution >= 4 is 12.4 Å². The van der Waals surface area contributed by atoms with Gasteiger partial charge in [-0.25, -0.2) is 0 Å². The molecule has 0 aromatic heterocycles. The van der Waals surface area contributed by atoms with E-state index in [9.17, 15) is 10.2 Å². The Hall–Kier alpha value is -1.37. The molecule has 1 heterocycles. The van der Waals surface area contributed by atoms with Crippen molar-refractivity contribution in [1.82, 2.24) is 0 Å². The van der Waals surface area contributed by atoms with Crippen molar-refractivity contribution in [2.45, 2.75) is 90.1 Å². The molecule has 34 heavy (non-hydrogen) atoms. The van der Waals surface area contributed by atoms with E-state index in [4.69, 9.17) is 0 Å². The van der Waals surface area contributed by atoms with E-state index in [-0.39, 0.29) is 34.8 Å². The van der Waals surface area contributed by atoms with Crippen molar-refractivity contribution < 1.29 is 56.8 Å². The third kappa shape index (κ3) is 5.55. The van der Waals surface area contributed by atoms with Crippen LogP contribution in [0.25, 0.3) is 0 Å². The van der Waals surface area contributed by atoms with Crippen molar-refractivity contribution in [3.63, 3.8) is 0 Å². The Morgan fingerprint density at radius 1 is 0.735 bits per heavy atom. The largest absolute Gasteiger partial charge is 1.00 e. The number of para-hydroxylation sites is 2. The van der Waals surface area contributed by atoms with Crippen molar-refractivity contribution in [2.24, 2.45) is 0 Å². The van der Waals surface area contributed by atoms with E-state index in [0.717, 1.165) is 35.1 Å².